The number of amides is 1. The normalized spacial score (nSPS) is 38.2. The Morgan fingerprint density at radius 3 is 2.88 bits per heavy atom. The first-order valence-corrected chi connectivity index (χ1v) is 6.04. The van der Waals surface area contributed by atoms with E-state index in [1.54, 1.807) is 0 Å². The number of carbonyl (C=O) groups is 1. The molecule has 1 saturated heterocycles. The maximum absolute atomic E-state index is 11.9. The highest BCUT2D eigenvalue weighted by molar-refractivity contribution is 5.81. The molecule has 2 aliphatic rings. The molecule has 1 saturated carbocycles. The minimum absolute atomic E-state index is 0.0133. The van der Waals surface area contributed by atoms with Gasteiger partial charge in [-0.3, -0.25) is 4.79 Å². The summed E-state index contributed by atoms with van der Waals surface area (Å²) in [5.41, 5.74) is 0. The summed E-state index contributed by atoms with van der Waals surface area (Å²) in [5, 5.41) is 11.9. The van der Waals surface area contributed by atoms with E-state index < -0.39 is 0 Å². The number of ether oxygens (including phenoxy) is 1. The van der Waals surface area contributed by atoms with Gasteiger partial charge in [0.25, 0.3) is 0 Å². The van der Waals surface area contributed by atoms with Crippen LogP contribution in [0.5, 0.6) is 0 Å². The molecular formula is C12H18N2O2. The number of hydrogen-bond donors (Lipinski definition) is 1. The van der Waals surface area contributed by atoms with E-state index in [9.17, 15) is 4.79 Å². The largest absolute Gasteiger partial charge is 0.368 e. The van der Waals surface area contributed by atoms with Crippen LogP contribution in [0.3, 0.4) is 0 Å². The summed E-state index contributed by atoms with van der Waals surface area (Å²) in [4.78, 5) is 11.9. The standard InChI is InChI=1S/C12H18N2O2/c1-8-5-6-16-11(8)12(15)14-10-4-2-3-9(10)7-13/h8-11H,2-6H2,1H3,(H,14,15). The van der Waals surface area contributed by atoms with E-state index in [4.69, 9.17) is 10.00 Å². The average molecular weight is 222 g/mol. The molecule has 16 heavy (non-hydrogen) atoms. The van der Waals surface area contributed by atoms with Crippen LogP contribution in [0.4, 0.5) is 0 Å². The molecule has 0 aromatic carbocycles. The minimum Gasteiger partial charge on any atom is -0.368 e. The zero-order valence-electron chi connectivity index (χ0n) is 9.61. The van der Waals surface area contributed by atoms with E-state index in [0.29, 0.717) is 12.5 Å². The second-order valence-corrected chi connectivity index (χ2v) is 4.84. The van der Waals surface area contributed by atoms with Crippen molar-refractivity contribution in [3.63, 3.8) is 0 Å². The van der Waals surface area contributed by atoms with Crippen molar-refractivity contribution in [2.24, 2.45) is 11.8 Å². The molecule has 4 atom stereocenters. The van der Waals surface area contributed by atoms with Crippen LogP contribution in [0, 0.1) is 23.2 Å². The molecule has 0 bridgehead atoms. The van der Waals surface area contributed by atoms with Crippen LogP contribution in [-0.2, 0) is 9.53 Å². The Hall–Kier alpha value is -1.08. The number of hydrogen-bond acceptors (Lipinski definition) is 3. The molecule has 0 radical (unpaired) electrons. The fourth-order valence-electron chi connectivity index (χ4n) is 2.58. The predicted molar refractivity (Wildman–Crippen MR) is 58.4 cm³/mol. The van der Waals surface area contributed by atoms with Gasteiger partial charge in [-0.25, -0.2) is 0 Å². The first-order chi connectivity index (χ1) is 7.72. The van der Waals surface area contributed by atoms with Crippen LogP contribution < -0.4 is 5.32 Å². The zero-order chi connectivity index (χ0) is 11.5. The molecule has 1 aliphatic heterocycles. The van der Waals surface area contributed by atoms with Crippen LogP contribution in [0.2, 0.25) is 0 Å². The highest BCUT2D eigenvalue weighted by Crippen LogP contribution is 2.26. The molecular weight excluding hydrogens is 204 g/mol. The summed E-state index contributed by atoms with van der Waals surface area (Å²) < 4.78 is 5.41. The number of nitriles is 1. The van der Waals surface area contributed by atoms with Crippen LogP contribution in [0.25, 0.3) is 0 Å². The first kappa shape index (κ1) is 11.4. The summed E-state index contributed by atoms with van der Waals surface area (Å²) in [6, 6.07) is 2.30. The third kappa shape index (κ3) is 2.19. The van der Waals surface area contributed by atoms with Crippen LogP contribution >= 0.6 is 0 Å². The molecule has 1 heterocycles. The van der Waals surface area contributed by atoms with Gasteiger partial charge in [0.1, 0.15) is 6.10 Å². The molecule has 4 unspecified atom stereocenters. The molecule has 0 aromatic heterocycles. The lowest BCUT2D eigenvalue weighted by Crippen LogP contribution is -2.44. The second-order valence-electron chi connectivity index (χ2n) is 4.84. The van der Waals surface area contributed by atoms with Gasteiger partial charge in [-0.1, -0.05) is 6.92 Å². The Morgan fingerprint density at radius 1 is 1.44 bits per heavy atom. The summed E-state index contributed by atoms with van der Waals surface area (Å²) in [5.74, 6) is 0.250. The second kappa shape index (κ2) is 4.84. The van der Waals surface area contributed by atoms with Gasteiger partial charge in [-0.05, 0) is 31.6 Å². The molecule has 1 N–H and O–H groups in total. The first-order valence-electron chi connectivity index (χ1n) is 6.04. The Morgan fingerprint density at radius 2 is 2.25 bits per heavy atom. The highest BCUT2D eigenvalue weighted by Gasteiger charge is 2.35. The minimum atomic E-state index is -0.306. The molecule has 0 spiro atoms. The maximum Gasteiger partial charge on any atom is 0.249 e. The molecule has 0 aromatic rings. The SMILES string of the molecule is CC1CCOC1C(=O)NC1CCCC1C#N. The van der Waals surface area contributed by atoms with Gasteiger partial charge >= 0.3 is 0 Å². The number of rotatable bonds is 2. The van der Waals surface area contributed by atoms with Crippen molar-refractivity contribution in [2.75, 3.05) is 6.61 Å². The third-order valence-electron chi connectivity index (χ3n) is 3.66. The molecule has 1 aliphatic carbocycles. The van der Waals surface area contributed by atoms with Gasteiger partial charge in [-0.2, -0.15) is 5.26 Å². The Kier molecular flexibility index (Phi) is 3.45. The van der Waals surface area contributed by atoms with Crippen molar-refractivity contribution in [3.05, 3.63) is 0 Å². The van der Waals surface area contributed by atoms with Gasteiger partial charge in [0.2, 0.25) is 5.91 Å². The van der Waals surface area contributed by atoms with Crippen LogP contribution in [0.1, 0.15) is 32.6 Å². The highest BCUT2D eigenvalue weighted by atomic mass is 16.5. The van der Waals surface area contributed by atoms with E-state index in [2.05, 4.69) is 11.4 Å². The Labute approximate surface area is 96.0 Å². The molecule has 88 valence electrons. The predicted octanol–water partition coefficient (Wildman–Crippen LogP) is 1.22. The van der Waals surface area contributed by atoms with Crippen LogP contribution in [0.15, 0.2) is 0 Å². The molecule has 1 amide bonds. The molecule has 4 nitrogen and oxygen atoms in total. The van der Waals surface area contributed by atoms with Crippen LogP contribution in [-0.4, -0.2) is 24.7 Å². The van der Waals surface area contributed by atoms with Gasteiger partial charge < -0.3 is 10.1 Å². The lowest BCUT2D eigenvalue weighted by atomic mass is 10.0. The number of carbonyl (C=O) groups excluding carboxylic acids is 1. The van der Waals surface area contributed by atoms with E-state index in [1.807, 2.05) is 6.92 Å². The molecule has 2 rings (SSSR count). The van der Waals surface area contributed by atoms with Gasteiger partial charge in [-0.15, -0.1) is 0 Å². The summed E-state index contributed by atoms with van der Waals surface area (Å²) in [6.45, 7) is 2.71. The smallest absolute Gasteiger partial charge is 0.249 e. The Balaban J connectivity index is 1.89. The van der Waals surface area contributed by atoms with Crippen molar-refractivity contribution < 1.29 is 9.53 Å². The van der Waals surface area contributed by atoms with E-state index in [0.717, 1.165) is 25.7 Å². The molecule has 4 heteroatoms. The topological polar surface area (TPSA) is 62.1 Å². The van der Waals surface area contributed by atoms with E-state index in [-0.39, 0.29) is 24.0 Å². The fourth-order valence-corrected chi connectivity index (χ4v) is 2.58. The summed E-state index contributed by atoms with van der Waals surface area (Å²) in [7, 11) is 0. The van der Waals surface area contributed by atoms with Crippen molar-refractivity contribution in [3.8, 4) is 6.07 Å². The lowest BCUT2D eigenvalue weighted by Gasteiger charge is -2.20. The van der Waals surface area contributed by atoms with Gasteiger partial charge in [0.05, 0.1) is 12.0 Å². The van der Waals surface area contributed by atoms with Crippen molar-refractivity contribution in [1.29, 1.82) is 5.26 Å². The maximum atomic E-state index is 11.9. The Bertz CT molecular complexity index is 311. The summed E-state index contributed by atoms with van der Waals surface area (Å²) >= 11 is 0. The summed E-state index contributed by atoms with van der Waals surface area (Å²) in [6.07, 6.45) is 3.50. The van der Waals surface area contributed by atoms with Crippen molar-refractivity contribution in [1.82, 2.24) is 5.32 Å². The zero-order valence-corrected chi connectivity index (χ0v) is 9.61. The fraction of sp³-hybridized carbons (Fsp3) is 0.833. The average Bonchev–Trinajstić information content (AvgIpc) is 2.86. The molecule has 2 fully saturated rings. The van der Waals surface area contributed by atoms with E-state index >= 15 is 0 Å². The monoisotopic (exact) mass is 222 g/mol. The van der Waals surface area contributed by atoms with E-state index in [1.165, 1.54) is 0 Å². The van der Waals surface area contributed by atoms with Crippen molar-refractivity contribution >= 4 is 5.91 Å². The number of nitrogens with zero attached hydrogens (tertiary/aromatic N) is 1. The van der Waals surface area contributed by atoms with Gasteiger partial charge in [0.15, 0.2) is 0 Å². The lowest BCUT2D eigenvalue weighted by molar-refractivity contribution is -0.132. The quantitative estimate of drug-likeness (QED) is 0.764. The van der Waals surface area contributed by atoms with Crippen molar-refractivity contribution in [2.45, 2.75) is 44.8 Å². The number of nitrogens with one attached hydrogen (secondary N) is 1. The van der Waals surface area contributed by atoms with Gasteiger partial charge in [0, 0.05) is 12.6 Å². The third-order valence-corrected chi connectivity index (χ3v) is 3.66.